The lowest BCUT2D eigenvalue weighted by Crippen LogP contribution is -2.22. The number of nitro benzene ring substituents is 1. The maximum absolute atomic E-state index is 13.4. The highest BCUT2D eigenvalue weighted by Gasteiger charge is 2.26. The number of hydrogen-bond acceptors (Lipinski definition) is 4. The Morgan fingerprint density at radius 2 is 2.26 bits per heavy atom. The third kappa shape index (κ3) is 3.13. The first kappa shape index (κ1) is 14.0. The van der Waals surface area contributed by atoms with Gasteiger partial charge in [0.15, 0.2) is 0 Å². The molecule has 0 spiro atoms. The summed E-state index contributed by atoms with van der Waals surface area (Å²) in [6.07, 6.45) is 2.13. The van der Waals surface area contributed by atoms with Crippen molar-refractivity contribution in [2.45, 2.75) is 25.4 Å². The number of aliphatic hydroxyl groups is 1. The number of nitrogens with one attached hydrogen (secondary N) is 1. The van der Waals surface area contributed by atoms with E-state index in [-0.39, 0.29) is 22.3 Å². The normalized spacial score (nSPS) is 22.5. The zero-order valence-electron chi connectivity index (χ0n) is 10.1. The Morgan fingerprint density at radius 3 is 2.84 bits per heavy atom. The third-order valence-corrected chi connectivity index (χ3v) is 3.70. The van der Waals surface area contributed by atoms with Gasteiger partial charge < -0.3 is 10.4 Å². The van der Waals surface area contributed by atoms with Crippen LogP contribution < -0.4 is 5.32 Å². The van der Waals surface area contributed by atoms with E-state index in [1.165, 1.54) is 0 Å². The van der Waals surface area contributed by atoms with Crippen molar-refractivity contribution in [1.82, 2.24) is 0 Å². The lowest BCUT2D eigenvalue weighted by molar-refractivity contribution is -0.384. The summed E-state index contributed by atoms with van der Waals surface area (Å²) in [6, 6.07) is 2.01. The van der Waals surface area contributed by atoms with Crippen LogP contribution >= 0.6 is 11.6 Å². The molecule has 1 saturated carbocycles. The molecule has 0 saturated heterocycles. The van der Waals surface area contributed by atoms with Gasteiger partial charge in [0, 0.05) is 24.6 Å². The van der Waals surface area contributed by atoms with Crippen molar-refractivity contribution in [2.24, 2.45) is 5.92 Å². The summed E-state index contributed by atoms with van der Waals surface area (Å²) in [4.78, 5) is 10.3. The van der Waals surface area contributed by atoms with E-state index in [4.69, 9.17) is 11.6 Å². The largest absolute Gasteiger partial charge is 0.393 e. The van der Waals surface area contributed by atoms with Crippen LogP contribution in [0.15, 0.2) is 12.1 Å². The van der Waals surface area contributed by atoms with E-state index in [1.807, 2.05) is 0 Å². The molecule has 2 N–H and O–H groups in total. The summed E-state index contributed by atoms with van der Waals surface area (Å²) >= 11 is 5.53. The van der Waals surface area contributed by atoms with Crippen LogP contribution in [0.5, 0.6) is 0 Å². The second-order valence-corrected chi connectivity index (χ2v) is 5.09. The number of benzene rings is 1. The molecule has 1 aromatic rings. The van der Waals surface area contributed by atoms with Crippen molar-refractivity contribution in [2.75, 3.05) is 11.9 Å². The fourth-order valence-corrected chi connectivity index (χ4v) is 2.48. The van der Waals surface area contributed by atoms with Crippen LogP contribution in [0.1, 0.15) is 19.3 Å². The van der Waals surface area contributed by atoms with Gasteiger partial charge in [0.2, 0.25) is 0 Å². The van der Waals surface area contributed by atoms with Crippen LogP contribution in [0.2, 0.25) is 5.02 Å². The van der Waals surface area contributed by atoms with E-state index < -0.39 is 16.8 Å². The molecule has 1 aliphatic rings. The molecule has 0 aliphatic heterocycles. The van der Waals surface area contributed by atoms with Gasteiger partial charge in [-0.25, -0.2) is 4.39 Å². The third-order valence-electron chi connectivity index (χ3n) is 3.41. The van der Waals surface area contributed by atoms with Crippen LogP contribution in [0.4, 0.5) is 15.8 Å². The van der Waals surface area contributed by atoms with E-state index in [9.17, 15) is 19.6 Å². The molecule has 2 rings (SSSR count). The molecule has 1 aliphatic carbocycles. The molecule has 2 unspecified atom stereocenters. The molecule has 104 valence electrons. The number of anilines is 1. The van der Waals surface area contributed by atoms with Gasteiger partial charge in [-0.1, -0.05) is 18.0 Å². The highest BCUT2D eigenvalue weighted by atomic mass is 35.5. The summed E-state index contributed by atoms with van der Waals surface area (Å²) in [6.45, 7) is 0.378. The highest BCUT2D eigenvalue weighted by molar-refractivity contribution is 6.31. The van der Waals surface area contributed by atoms with Crippen molar-refractivity contribution in [3.05, 3.63) is 33.1 Å². The lowest BCUT2D eigenvalue weighted by Gasteiger charge is -2.16. The molecule has 5 nitrogen and oxygen atoms in total. The minimum Gasteiger partial charge on any atom is -0.393 e. The molecule has 19 heavy (non-hydrogen) atoms. The Bertz CT molecular complexity index is 498. The zero-order valence-corrected chi connectivity index (χ0v) is 10.9. The first-order valence-corrected chi connectivity index (χ1v) is 6.42. The Balaban J connectivity index is 2.14. The maximum Gasteiger partial charge on any atom is 0.294 e. The summed E-state index contributed by atoms with van der Waals surface area (Å²) < 4.78 is 13.4. The fourth-order valence-electron chi connectivity index (χ4n) is 2.33. The predicted octanol–water partition coefficient (Wildman–Crippen LogP) is 2.96. The van der Waals surface area contributed by atoms with Crippen LogP contribution in [-0.4, -0.2) is 22.7 Å². The van der Waals surface area contributed by atoms with E-state index in [0.29, 0.717) is 6.54 Å². The van der Waals surface area contributed by atoms with E-state index in [2.05, 4.69) is 5.32 Å². The monoisotopic (exact) mass is 288 g/mol. The predicted molar refractivity (Wildman–Crippen MR) is 69.9 cm³/mol. The minimum atomic E-state index is -0.707. The topological polar surface area (TPSA) is 75.4 Å². The molecule has 0 amide bonds. The smallest absolute Gasteiger partial charge is 0.294 e. The van der Waals surface area contributed by atoms with Gasteiger partial charge >= 0.3 is 0 Å². The van der Waals surface area contributed by atoms with Crippen molar-refractivity contribution >= 4 is 23.0 Å². The molecule has 0 aromatic heterocycles. The quantitative estimate of drug-likeness (QED) is 0.660. The fraction of sp³-hybridized carbons (Fsp3) is 0.500. The Hall–Kier alpha value is -1.40. The summed E-state index contributed by atoms with van der Waals surface area (Å²) in [5.74, 6) is -0.667. The number of aliphatic hydroxyl groups excluding tert-OH is 1. The van der Waals surface area contributed by atoms with Crippen LogP contribution in [0, 0.1) is 21.8 Å². The zero-order chi connectivity index (χ0) is 14.0. The lowest BCUT2D eigenvalue weighted by atomic mass is 10.1. The second kappa shape index (κ2) is 5.71. The Kier molecular flexibility index (Phi) is 4.21. The number of nitro groups is 1. The van der Waals surface area contributed by atoms with E-state index >= 15 is 0 Å². The molecule has 0 heterocycles. The first-order valence-electron chi connectivity index (χ1n) is 6.04. The van der Waals surface area contributed by atoms with E-state index in [0.717, 1.165) is 31.4 Å². The van der Waals surface area contributed by atoms with Crippen LogP contribution in [0.25, 0.3) is 0 Å². The summed E-state index contributed by atoms with van der Waals surface area (Å²) in [5, 5.41) is 23.1. The Labute approximate surface area is 114 Å². The number of halogens is 2. The average Bonchev–Trinajstić information content (AvgIpc) is 2.75. The van der Waals surface area contributed by atoms with Gasteiger partial charge in [0.05, 0.1) is 16.0 Å². The number of hydrogen-bond donors (Lipinski definition) is 2. The summed E-state index contributed by atoms with van der Waals surface area (Å²) in [5.41, 5.74) is -0.176. The Morgan fingerprint density at radius 1 is 1.53 bits per heavy atom. The van der Waals surface area contributed by atoms with Gasteiger partial charge in [-0.15, -0.1) is 0 Å². The van der Waals surface area contributed by atoms with Crippen LogP contribution in [-0.2, 0) is 0 Å². The molecular weight excluding hydrogens is 275 g/mol. The minimum absolute atomic E-state index is 0.0401. The molecule has 0 bridgehead atoms. The van der Waals surface area contributed by atoms with E-state index in [1.54, 1.807) is 0 Å². The van der Waals surface area contributed by atoms with Gasteiger partial charge in [-0.3, -0.25) is 10.1 Å². The van der Waals surface area contributed by atoms with Crippen molar-refractivity contribution < 1.29 is 14.4 Å². The average molecular weight is 289 g/mol. The number of nitrogens with zero attached hydrogens (tertiary/aromatic N) is 1. The van der Waals surface area contributed by atoms with Gasteiger partial charge in [0.25, 0.3) is 5.69 Å². The molecule has 2 atom stereocenters. The van der Waals surface area contributed by atoms with Crippen molar-refractivity contribution in [3.63, 3.8) is 0 Å². The van der Waals surface area contributed by atoms with Gasteiger partial charge in [0.1, 0.15) is 11.5 Å². The van der Waals surface area contributed by atoms with Gasteiger partial charge in [-0.2, -0.15) is 0 Å². The standard InChI is InChI=1S/C12H14ClFN2O3/c13-8-4-11(16(18)19)10(5-9(8)14)15-6-7-2-1-3-12(7)17/h4-5,7,12,15,17H,1-3,6H2. The molecule has 1 aromatic carbocycles. The molecule has 0 radical (unpaired) electrons. The number of rotatable bonds is 4. The van der Waals surface area contributed by atoms with Crippen molar-refractivity contribution in [1.29, 1.82) is 0 Å². The van der Waals surface area contributed by atoms with Crippen LogP contribution in [0.3, 0.4) is 0 Å². The molecule has 7 heteroatoms. The first-order chi connectivity index (χ1) is 8.99. The maximum atomic E-state index is 13.4. The molecular formula is C12H14ClFN2O3. The SMILES string of the molecule is O=[N+]([O-])c1cc(Cl)c(F)cc1NCC1CCCC1O. The van der Waals surface area contributed by atoms with Crippen molar-refractivity contribution in [3.8, 4) is 0 Å². The molecule has 1 fully saturated rings. The summed E-state index contributed by atoms with van der Waals surface area (Å²) in [7, 11) is 0. The second-order valence-electron chi connectivity index (χ2n) is 4.68. The van der Waals surface area contributed by atoms with Gasteiger partial charge in [-0.05, 0) is 12.8 Å². The highest BCUT2D eigenvalue weighted by Crippen LogP contribution is 2.32.